The number of rotatable bonds is 5. The molecule has 114 valence electrons. The molecule has 0 spiro atoms. The summed E-state index contributed by atoms with van der Waals surface area (Å²) < 4.78 is 0. The second kappa shape index (κ2) is 5.40. The van der Waals surface area contributed by atoms with E-state index >= 15 is 0 Å². The van der Waals surface area contributed by atoms with Crippen molar-refractivity contribution in [2.75, 3.05) is 0 Å². The first-order chi connectivity index (χ1) is 10.3. The highest BCUT2D eigenvalue weighted by molar-refractivity contribution is 5.30. The zero-order chi connectivity index (χ0) is 14.3. The molecule has 3 saturated carbocycles. The molecule has 4 unspecified atom stereocenters. The van der Waals surface area contributed by atoms with E-state index < -0.39 is 0 Å². The molecule has 2 heteroatoms. The molecule has 4 rings (SSSR count). The molecule has 3 aliphatic carbocycles. The summed E-state index contributed by atoms with van der Waals surface area (Å²) in [6.45, 7) is 0. The molecule has 3 N–H and O–H groups in total. The van der Waals surface area contributed by atoms with Crippen LogP contribution < -0.4 is 11.3 Å². The molecule has 1 aromatic rings. The summed E-state index contributed by atoms with van der Waals surface area (Å²) in [5.74, 6) is 8.99. The standard InChI is InChI=1S/C19H28N2/c20-21-18(13-16-12-14-7-8-15(16)11-14)19(9-4-10-19)17-5-2-1-3-6-17/h1-3,5-6,14-16,18,21H,4,7-13,20H2. The van der Waals surface area contributed by atoms with E-state index in [0.717, 1.165) is 17.8 Å². The monoisotopic (exact) mass is 284 g/mol. The largest absolute Gasteiger partial charge is 0.271 e. The van der Waals surface area contributed by atoms with Crippen LogP contribution in [0.5, 0.6) is 0 Å². The minimum atomic E-state index is 0.303. The van der Waals surface area contributed by atoms with E-state index in [-0.39, 0.29) is 0 Å². The number of fused-ring (bicyclic) bond motifs is 2. The lowest BCUT2D eigenvalue weighted by atomic mass is 9.58. The zero-order valence-corrected chi connectivity index (χ0v) is 12.9. The Morgan fingerprint density at radius 3 is 2.48 bits per heavy atom. The van der Waals surface area contributed by atoms with Crippen LogP contribution in [0, 0.1) is 17.8 Å². The molecule has 0 aliphatic heterocycles. The highest BCUT2D eigenvalue weighted by Crippen LogP contribution is 2.53. The summed E-state index contributed by atoms with van der Waals surface area (Å²) in [7, 11) is 0. The molecule has 4 atom stereocenters. The van der Waals surface area contributed by atoms with Crippen molar-refractivity contribution in [1.29, 1.82) is 0 Å². The number of hydrazine groups is 1. The van der Waals surface area contributed by atoms with Gasteiger partial charge in [0, 0.05) is 11.5 Å². The van der Waals surface area contributed by atoms with Gasteiger partial charge >= 0.3 is 0 Å². The van der Waals surface area contributed by atoms with Crippen molar-refractivity contribution in [2.45, 2.75) is 62.8 Å². The van der Waals surface area contributed by atoms with Crippen molar-refractivity contribution in [3.63, 3.8) is 0 Å². The Morgan fingerprint density at radius 2 is 1.95 bits per heavy atom. The fourth-order valence-electron chi connectivity index (χ4n) is 5.59. The summed E-state index contributed by atoms with van der Waals surface area (Å²) in [6, 6.07) is 11.6. The molecule has 2 bridgehead atoms. The number of hydrogen-bond donors (Lipinski definition) is 2. The van der Waals surface area contributed by atoms with Gasteiger partial charge in [-0.1, -0.05) is 43.2 Å². The molecule has 2 nitrogen and oxygen atoms in total. The summed E-state index contributed by atoms with van der Waals surface area (Å²) in [4.78, 5) is 0. The third-order valence-electron chi connectivity index (χ3n) is 6.89. The Labute approximate surface area is 128 Å². The van der Waals surface area contributed by atoms with Gasteiger partial charge in [0.1, 0.15) is 0 Å². The zero-order valence-electron chi connectivity index (χ0n) is 12.9. The van der Waals surface area contributed by atoms with Crippen LogP contribution in [0.3, 0.4) is 0 Å². The topological polar surface area (TPSA) is 38.0 Å². The molecule has 0 heterocycles. The number of nitrogens with two attached hydrogens (primary N) is 1. The first kappa shape index (κ1) is 13.8. The van der Waals surface area contributed by atoms with Gasteiger partial charge in [0.2, 0.25) is 0 Å². The van der Waals surface area contributed by atoms with Crippen molar-refractivity contribution in [3.8, 4) is 0 Å². The third kappa shape index (κ3) is 2.24. The Balaban J connectivity index is 1.54. The van der Waals surface area contributed by atoms with E-state index in [1.54, 1.807) is 0 Å². The lowest BCUT2D eigenvalue weighted by molar-refractivity contribution is 0.134. The fourth-order valence-corrected chi connectivity index (χ4v) is 5.59. The van der Waals surface area contributed by atoms with Crippen LogP contribution in [0.25, 0.3) is 0 Å². The quantitative estimate of drug-likeness (QED) is 0.638. The van der Waals surface area contributed by atoms with Crippen molar-refractivity contribution in [3.05, 3.63) is 35.9 Å². The maximum absolute atomic E-state index is 6.03. The molecule has 0 aromatic heterocycles. The van der Waals surface area contributed by atoms with E-state index in [1.165, 1.54) is 56.9 Å². The summed E-state index contributed by atoms with van der Waals surface area (Å²) in [6.07, 6.45) is 11.2. The van der Waals surface area contributed by atoms with E-state index in [1.807, 2.05) is 0 Å². The molecule has 21 heavy (non-hydrogen) atoms. The fraction of sp³-hybridized carbons (Fsp3) is 0.684. The second-order valence-electron chi connectivity index (χ2n) is 7.77. The van der Waals surface area contributed by atoms with Crippen molar-refractivity contribution in [1.82, 2.24) is 5.43 Å². The van der Waals surface area contributed by atoms with Gasteiger partial charge in [-0.05, 0) is 61.8 Å². The smallest absolute Gasteiger partial charge is 0.0310 e. The van der Waals surface area contributed by atoms with Crippen LogP contribution in [0.15, 0.2) is 30.3 Å². The normalized spacial score (nSPS) is 34.6. The first-order valence-corrected chi connectivity index (χ1v) is 8.83. The molecular formula is C19H28N2. The Bertz CT molecular complexity index is 480. The molecule has 0 amide bonds. The van der Waals surface area contributed by atoms with Crippen molar-refractivity contribution < 1.29 is 0 Å². The van der Waals surface area contributed by atoms with E-state index in [9.17, 15) is 0 Å². The van der Waals surface area contributed by atoms with Gasteiger partial charge in [0.25, 0.3) is 0 Å². The van der Waals surface area contributed by atoms with Gasteiger partial charge in [-0.2, -0.15) is 0 Å². The van der Waals surface area contributed by atoms with Gasteiger partial charge in [0.15, 0.2) is 0 Å². The van der Waals surface area contributed by atoms with Crippen molar-refractivity contribution >= 4 is 0 Å². The third-order valence-corrected chi connectivity index (χ3v) is 6.89. The highest BCUT2D eigenvalue weighted by Gasteiger charge is 2.48. The van der Waals surface area contributed by atoms with E-state index in [2.05, 4.69) is 35.8 Å². The Morgan fingerprint density at radius 1 is 1.14 bits per heavy atom. The van der Waals surface area contributed by atoms with Crippen LogP contribution in [0.2, 0.25) is 0 Å². The minimum absolute atomic E-state index is 0.303. The number of hydrogen-bond acceptors (Lipinski definition) is 2. The van der Waals surface area contributed by atoms with Crippen LogP contribution >= 0.6 is 0 Å². The number of nitrogens with one attached hydrogen (secondary N) is 1. The van der Waals surface area contributed by atoms with E-state index in [4.69, 9.17) is 5.84 Å². The van der Waals surface area contributed by atoms with Gasteiger partial charge in [0.05, 0.1) is 0 Å². The Kier molecular flexibility index (Phi) is 3.55. The summed E-state index contributed by atoms with van der Waals surface area (Å²) >= 11 is 0. The summed E-state index contributed by atoms with van der Waals surface area (Å²) in [5, 5.41) is 0. The van der Waals surface area contributed by atoms with Crippen LogP contribution in [-0.4, -0.2) is 6.04 Å². The molecule has 1 aromatic carbocycles. The lowest BCUT2D eigenvalue weighted by Crippen LogP contribution is -2.55. The summed E-state index contributed by atoms with van der Waals surface area (Å²) in [5.41, 5.74) is 5.04. The average Bonchev–Trinajstić information content (AvgIpc) is 3.09. The van der Waals surface area contributed by atoms with Crippen LogP contribution in [-0.2, 0) is 5.41 Å². The average molecular weight is 284 g/mol. The van der Waals surface area contributed by atoms with Gasteiger partial charge in [-0.15, -0.1) is 0 Å². The number of benzene rings is 1. The predicted octanol–water partition coefficient (Wildman–Crippen LogP) is 3.77. The molecular weight excluding hydrogens is 256 g/mol. The van der Waals surface area contributed by atoms with Gasteiger partial charge in [-0.3, -0.25) is 11.3 Å². The van der Waals surface area contributed by atoms with Crippen molar-refractivity contribution in [2.24, 2.45) is 23.6 Å². The van der Waals surface area contributed by atoms with Gasteiger partial charge < -0.3 is 0 Å². The molecule has 0 saturated heterocycles. The predicted molar refractivity (Wildman–Crippen MR) is 86.6 cm³/mol. The van der Waals surface area contributed by atoms with Gasteiger partial charge in [-0.25, -0.2) is 0 Å². The molecule has 3 aliphatic rings. The second-order valence-corrected chi connectivity index (χ2v) is 7.77. The van der Waals surface area contributed by atoms with Crippen LogP contribution in [0.4, 0.5) is 0 Å². The van der Waals surface area contributed by atoms with Crippen LogP contribution in [0.1, 0.15) is 56.9 Å². The molecule has 3 fully saturated rings. The molecule has 0 radical (unpaired) electrons. The Hall–Kier alpha value is -0.860. The first-order valence-electron chi connectivity index (χ1n) is 8.83. The highest BCUT2D eigenvalue weighted by atomic mass is 15.2. The maximum atomic E-state index is 6.03. The SMILES string of the molecule is NNC(CC1CC2CCC1C2)C1(c2ccccc2)CCC1. The maximum Gasteiger partial charge on any atom is 0.0310 e. The lowest BCUT2D eigenvalue weighted by Gasteiger charge is -2.49. The minimum Gasteiger partial charge on any atom is -0.271 e. The van der Waals surface area contributed by atoms with E-state index in [0.29, 0.717) is 11.5 Å².